The summed E-state index contributed by atoms with van der Waals surface area (Å²) in [6.07, 6.45) is 3.37. The number of carbonyl (C=O) groups is 2. The molecule has 1 saturated heterocycles. The number of amides is 2. The van der Waals surface area contributed by atoms with E-state index >= 15 is 0 Å². The molecule has 1 fully saturated rings. The largest absolute Gasteiger partial charge is 0.380 e. The lowest BCUT2D eigenvalue weighted by atomic mass is 10.1. The Bertz CT molecular complexity index is 792. The van der Waals surface area contributed by atoms with Gasteiger partial charge < -0.3 is 24.8 Å². The average molecular weight is 373 g/mol. The summed E-state index contributed by atoms with van der Waals surface area (Å²) >= 11 is 0. The maximum absolute atomic E-state index is 13.0. The fourth-order valence-corrected chi connectivity index (χ4v) is 3.00. The highest BCUT2D eigenvalue weighted by atomic mass is 16.5. The summed E-state index contributed by atoms with van der Waals surface area (Å²) in [7, 11) is 1.54. The molecular formula is C18H23N5O4. The van der Waals surface area contributed by atoms with Gasteiger partial charge in [0.1, 0.15) is 11.8 Å². The molecule has 0 aromatic carbocycles. The van der Waals surface area contributed by atoms with Gasteiger partial charge in [0.05, 0.1) is 12.2 Å². The molecule has 2 amide bonds. The Morgan fingerprint density at radius 2 is 2.33 bits per heavy atom. The van der Waals surface area contributed by atoms with Gasteiger partial charge in [-0.25, -0.2) is 0 Å². The third-order valence-corrected chi connectivity index (χ3v) is 4.47. The van der Waals surface area contributed by atoms with Crippen LogP contribution in [-0.4, -0.2) is 59.6 Å². The highest BCUT2D eigenvalue weighted by Crippen LogP contribution is 2.18. The van der Waals surface area contributed by atoms with Crippen LogP contribution in [0, 0.1) is 6.92 Å². The van der Waals surface area contributed by atoms with Gasteiger partial charge in [-0.3, -0.25) is 14.6 Å². The molecular weight excluding hydrogens is 350 g/mol. The second-order valence-electron chi connectivity index (χ2n) is 6.30. The first-order valence-corrected chi connectivity index (χ1v) is 8.74. The molecule has 144 valence electrons. The molecule has 2 aromatic rings. The van der Waals surface area contributed by atoms with Crippen molar-refractivity contribution in [3.8, 4) is 0 Å². The van der Waals surface area contributed by atoms with Gasteiger partial charge in [0.15, 0.2) is 5.69 Å². The monoisotopic (exact) mass is 373 g/mol. The molecule has 9 nitrogen and oxygen atoms in total. The summed E-state index contributed by atoms with van der Waals surface area (Å²) in [4.78, 5) is 31.3. The third-order valence-electron chi connectivity index (χ3n) is 4.47. The number of methoxy groups -OCH3 is 1. The number of pyridine rings is 1. The molecule has 3 rings (SSSR count). The molecule has 1 aliphatic rings. The van der Waals surface area contributed by atoms with Gasteiger partial charge in [-0.1, -0.05) is 11.2 Å². The zero-order valence-electron chi connectivity index (χ0n) is 15.4. The third kappa shape index (κ3) is 4.32. The molecule has 1 aliphatic heterocycles. The maximum atomic E-state index is 13.0. The highest BCUT2D eigenvalue weighted by molar-refractivity contribution is 5.97. The van der Waals surface area contributed by atoms with Crippen molar-refractivity contribution in [3.63, 3.8) is 0 Å². The summed E-state index contributed by atoms with van der Waals surface area (Å²) in [6.45, 7) is 3.69. The zero-order valence-corrected chi connectivity index (χ0v) is 15.4. The molecule has 0 bridgehead atoms. The van der Waals surface area contributed by atoms with Crippen LogP contribution in [0.25, 0.3) is 0 Å². The lowest BCUT2D eigenvalue weighted by Crippen LogP contribution is -2.59. The minimum Gasteiger partial charge on any atom is -0.380 e. The van der Waals surface area contributed by atoms with E-state index in [1.165, 1.54) is 4.90 Å². The van der Waals surface area contributed by atoms with Crippen LogP contribution in [-0.2, 0) is 22.7 Å². The summed E-state index contributed by atoms with van der Waals surface area (Å²) in [5.74, 6) is -0.0252. The molecule has 1 unspecified atom stereocenters. The summed E-state index contributed by atoms with van der Waals surface area (Å²) in [5.41, 5.74) is 1.69. The number of hydrogen-bond donors (Lipinski definition) is 2. The number of piperazine rings is 1. The number of nitrogens with zero attached hydrogens (tertiary/aromatic N) is 3. The van der Waals surface area contributed by atoms with E-state index in [1.807, 2.05) is 12.1 Å². The zero-order chi connectivity index (χ0) is 19.2. The SMILES string of the molecule is COCc1c(C(=O)N2CCNCC2C(=O)NCc2cccnc2)noc1C. The van der Waals surface area contributed by atoms with Crippen molar-refractivity contribution in [2.45, 2.75) is 26.1 Å². The van der Waals surface area contributed by atoms with Crippen LogP contribution in [0.1, 0.15) is 27.4 Å². The van der Waals surface area contributed by atoms with E-state index in [0.29, 0.717) is 37.5 Å². The van der Waals surface area contributed by atoms with Crippen LogP contribution in [0.5, 0.6) is 0 Å². The second kappa shape index (κ2) is 8.74. The molecule has 2 aromatic heterocycles. The summed E-state index contributed by atoms with van der Waals surface area (Å²) in [5, 5.41) is 9.92. The van der Waals surface area contributed by atoms with Gasteiger partial charge >= 0.3 is 0 Å². The molecule has 9 heteroatoms. The van der Waals surface area contributed by atoms with Gasteiger partial charge in [0.2, 0.25) is 5.91 Å². The van der Waals surface area contributed by atoms with Crippen molar-refractivity contribution in [1.82, 2.24) is 25.7 Å². The molecule has 3 heterocycles. The molecule has 2 N–H and O–H groups in total. The lowest BCUT2D eigenvalue weighted by molar-refractivity contribution is -0.126. The topological polar surface area (TPSA) is 110 Å². The van der Waals surface area contributed by atoms with Crippen LogP contribution in [0.2, 0.25) is 0 Å². The van der Waals surface area contributed by atoms with E-state index in [9.17, 15) is 9.59 Å². The predicted molar refractivity (Wildman–Crippen MR) is 95.7 cm³/mol. The van der Waals surface area contributed by atoms with Crippen LogP contribution in [0.15, 0.2) is 29.0 Å². The standard InChI is InChI=1S/C18H23N5O4/c1-12-14(11-26-2)16(22-27-12)18(25)23-7-6-20-10-15(23)17(24)21-9-13-4-3-5-19-8-13/h3-5,8,15,20H,6-7,9-11H2,1-2H3,(H,21,24). The van der Waals surface area contributed by atoms with E-state index in [0.717, 1.165) is 5.56 Å². The number of rotatable bonds is 6. The van der Waals surface area contributed by atoms with Crippen LogP contribution in [0.4, 0.5) is 0 Å². The number of nitrogens with one attached hydrogen (secondary N) is 2. The van der Waals surface area contributed by atoms with Gasteiger partial charge in [-0.15, -0.1) is 0 Å². The number of carbonyl (C=O) groups excluding carboxylic acids is 2. The van der Waals surface area contributed by atoms with E-state index in [2.05, 4.69) is 20.8 Å². The first-order chi connectivity index (χ1) is 13.1. The summed E-state index contributed by atoms with van der Waals surface area (Å²) < 4.78 is 10.3. The second-order valence-corrected chi connectivity index (χ2v) is 6.30. The first-order valence-electron chi connectivity index (χ1n) is 8.74. The Labute approximate surface area is 157 Å². The molecule has 1 atom stereocenters. The van der Waals surface area contributed by atoms with Gasteiger partial charge in [0.25, 0.3) is 5.91 Å². The highest BCUT2D eigenvalue weighted by Gasteiger charge is 2.35. The molecule has 27 heavy (non-hydrogen) atoms. The van der Waals surface area contributed by atoms with Crippen molar-refractivity contribution in [2.75, 3.05) is 26.7 Å². The van der Waals surface area contributed by atoms with E-state index in [1.54, 1.807) is 26.4 Å². The molecule has 0 aliphatic carbocycles. The fraction of sp³-hybridized carbons (Fsp3) is 0.444. The fourth-order valence-electron chi connectivity index (χ4n) is 3.00. The smallest absolute Gasteiger partial charge is 0.277 e. The Morgan fingerprint density at radius 1 is 1.48 bits per heavy atom. The minimum absolute atomic E-state index is 0.196. The van der Waals surface area contributed by atoms with Crippen molar-refractivity contribution in [2.24, 2.45) is 0 Å². The number of aromatic nitrogens is 2. The normalized spacial score (nSPS) is 17.0. The average Bonchev–Trinajstić information content (AvgIpc) is 3.07. The first kappa shape index (κ1) is 19.0. The van der Waals surface area contributed by atoms with E-state index in [-0.39, 0.29) is 24.1 Å². The maximum Gasteiger partial charge on any atom is 0.277 e. The van der Waals surface area contributed by atoms with Gasteiger partial charge in [-0.2, -0.15) is 0 Å². The Kier molecular flexibility index (Phi) is 6.15. The Morgan fingerprint density at radius 3 is 3.07 bits per heavy atom. The lowest BCUT2D eigenvalue weighted by Gasteiger charge is -2.34. The molecule has 0 saturated carbocycles. The molecule has 0 spiro atoms. The minimum atomic E-state index is -0.629. The van der Waals surface area contributed by atoms with Crippen molar-refractivity contribution < 1.29 is 18.8 Å². The van der Waals surface area contributed by atoms with Crippen molar-refractivity contribution in [1.29, 1.82) is 0 Å². The van der Waals surface area contributed by atoms with Gasteiger partial charge in [0, 0.05) is 45.7 Å². The van der Waals surface area contributed by atoms with Gasteiger partial charge in [-0.05, 0) is 18.6 Å². The van der Waals surface area contributed by atoms with Crippen molar-refractivity contribution >= 4 is 11.8 Å². The quantitative estimate of drug-likeness (QED) is 0.747. The van der Waals surface area contributed by atoms with E-state index < -0.39 is 6.04 Å². The van der Waals surface area contributed by atoms with E-state index in [4.69, 9.17) is 9.26 Å². The number of ether oxygens (including phenoxy) is 1. The Balaban J connectivity index is 1.73. The molecule has 0 radical (unpaired) electrons. The number of hydrogen-bond acceptors (Lipinski definition) is 7. The Hall–Kier alpha value is -2.78. The van der Waals surface area contributed by atoms with Crippen LogP contribution >= 0.6 is 0 Å². The van der Waals surface area contributed by atoms with Crippen LogP contribution in [0.3, 0.4) is 0 Å². The number of aryl methyl sites for hydroxylation is 1. The van der Waals surface area contributed by atoms with Crippen LogP contribution < -0.4 is 10.6 Å². The predicted octanol–water partition coefficient (Wildman–Crippen LogP) is 0.255. The summed E-state index contributed by atoms with van der Waals surface area (Å²) in [6, 6.07) is 3.06. The van der Waals surface area contributed by atoms with Crippen molar-refractivity contribution in [3.05, 3.63) is 47.1 Å².